The Bertz CT molecular complexity index is 1070. The van der Waals surface area contributed by atoms with Gasteiger partial charge in [-0.15, -0.1) is 0 Å². The standard InChI is InChI=1S/C26H28N4O/c1-20-14-24(15-21(2)26(20)31-19-25-6-3-4-11-28-25)17-27-16-22-7-9-23(10-8-22)18-30-13-5-12-29-30/h3-15,27H,16-19H2,1-2H3. The van der Waals surface area contributed by atoms with Crippen LogP contribution in [0.15, 0.2) is 79.3 Å². The molecule has 0 spiro atoms. The molecule has 0 aliphatic carbocycles. The first kappa shape index (κ1) is 20.8. The number of pyridine rings is 1. The molecule has 31 heavy (non-hydrogen) atoms. The van der Waals surface area contributed by atoms with Crippen molar-refractivity contribution in [3.8, 4) is 5.75 Å². The first-order chi connectivity index (χ1) is 15.2. The number of nitrogens with zero attached hydrogens (tertiary/aromatic N) is 3. The van der Waals surface area contributed by atoms with E-state index in [4.69, 9.17) is 4.74 Å². The second kappa shape index (κ2) is 10.0. The molecule has 0 saturated heterocycles. The zero-order chi connectivity index (χ0) is 21.5. The normalized spacial score (nSPS) is 10.9. The molecule has 0 unspecified atom stereocenters. The maximum atomic E-state index is 6.04. The Morgan fingerprint density at radius 3 is 2.26 bits per heavy atom. The van der Waals surface area contributed by atoms with Crippen LogP contribution in [0.25, 0.3) is 0 Å². The van der Waals surface area contributed by atoms with Crippen molar-refractivity contribution >= 4 is 0 Å². The fourth-order valence-electron chi connectivity index (χ4n) is 3.69. The lowest BCUT2D eigenvalue weighted by atomic mass is 10.1. The van der Waals surface area contributed by atoms with Crippen molar-refractivity contribution in [3.05, 3.63) is 113 Å². The van der Waals surface area contributed by atoms with Crippen molar-refractivity contribution in [2.24, 2.45) is 0 Å². The van der Waals surface area contributed by atoms with Crippen molar-refractivity contribution in [3.63, 3.8) is 0 Å². The molecule has 5 heteroatoms. The predicted molar refractivity (Wildman–Crippen MR) is 123 cm³/mol. The zero-order valence-electron chi connectivity index (χ0n) is 18.1. The lowest BCUT2D eigenvalue weighted by Crippen LogP contribution is -2.13. The largest absolute Gasteiger partial charge is 0.487 e. The fourth-order valence-corrected chi connectivity index (χ4v) is 3.69. The number of ether oxygens (including phenoxy) is 1. The number of nitrogens with one attached hydrogen (secondary N) is 1. The zero-order valence-corrected chi connectivity index (χ0v) is 18.1. The van der Waals surface area contributed by atoms with Crippen LogP contribution in [-0.2, 0) is 26.2 Å². The molecule has 2 aromatic carbocycles. The minimum Gasteiger partial charge on any atom is -0.487 e. The molecule has 0 fully saturated rings. The monoisotopic (exact) mass is 412 g/mol. The summed E-state index contributed by atoms with van der Waals surface area (Å²) in [6, 6.07) is 20.9. The van der Waals surface area contributed by atoms with E-state index >= 15 is 0 Å². The Hall–Kier alpha value is -3.44. The lowest BCUT2D eigenvalue weighted by Gasteiger charge is -2.14. The van der Waals surface area contributed by atoms with Crippen LogP contribution in [0.4, 0.5) is 0 Å². The van der Waals surface area contributed by atoms with Gasteiger partial charge in [-0.3, -0.25) is 9.67 Å². The van der Waals surface area contributed by atoms with Crippen LogP contribution < -0.4 is 10.1 Å². The van der Waals surface area contributed by atoms with Crippen molar-refractivity contribution < 1.29 is 4.74 Å². The van der Waals surface area contributed by atoms with Crippen LogP contribution in [0.3, 0.4) is 0 Å². The Balaban J connectivity index is 1.29. The molecule has 5 nitrogen and oxygen atoms in total. The number of aryl methyl sites for hydroxylation is 2. The number of aromatic nitrogens is 3. The molecule has 1 N–H and O–H groups in total. The third-order valence-electron chi connectivity index (χ3n) is 5.20. The molecular formula is C26H28N4O. The maximum absolute atomic E-state index is 6.04. The third-order valence-corrected chi connectivity index (χ3v) is 5.20. The second-order valence-electron chi connectivity index (χ2n) is 7.79. The number of hydrogen-bond acceptors (Lipinski definition) is 4. The number of hydrogen-bond donors (Lipinski definition) is 1. The Morgan fingerprint density at radius 2 is 1.58 bits per heavy atom. The van der Waals surface area contributed by atoms with Gasteiger partial charge >= 0.3 is 0 Å². The Labute approximate surface area is 183 Å². The first-order valence-corrected chi connectivity index (χ1v) is 10.6. The number of rotatable bonds is 9. The van der Waals surface area contributed by atoms with E-state index in [0.717, 1.165) is 42.2 Å². The molecule has 158 valence electrons. The molecule has 0 amide bonds. The van der Waals surface area contributed by atoms with Gasteiger partial charge in [0.05, 0.1) is 12.2 Å². The van der Waals surface area contributed by atoms with E-state index in [2.05, 4.69) is 65.6 Å². The van der Waals surface area contributed by atoms with Crippen LogP contribution in [0, 0.1) is 13.8 Å². The summed E-state index contributed by atoms with van der Waals surface area (Å²) in [7, 11) is 0. The smallest absolute Gasteiger partial charge is 0.130 e. The van der Waals surface area contributed by atoms with Crippen LogP contribution in [-0.4, -0.2) is 14.8 Å². The minimum atomic E-state index is 0.483. The van der Waals surface area contributed by atoms with Crippen molar-refractivity contribution in [1.82, 2.24) is 20.1 Å². The van der Waals surface area contributed by atoms with Gasteiger partial charge in [0, 0.05) is 31.7 Å². The Morgan fingerprint density at radius 1 is 0.839 bits per heavy atom. The minimum absolute atomic E-state index is 0.483. The highest BCUT2D eigenvalue weighted by Crippen LogP contribution is 2.25. The highest BCUT2D eigenvalue weighted by molar-refractivity contribution is 5.43. The van der Waals surface area contributed by atoms with E-state index < -0.39 is 0 Å². The van der Waals surface area contributed by atoms with E-state index in [1.54, 1.807) is 12.4 Å². The van der Waals surface area contributed by atoms with Gasteiger partial charge in [-0.2, -0.15) is 5.10 Å². The van der Waals surface area contributed by atoms with Gasteiger partial charge in [0.1, 0.15) is 12.4 Å². The molecule has 2 aromatic heterocycles. The number of benzene rings is 2. The predicted octanol–water partition coefficient (Wildman–Crippen LogP) is 4.81. The summed E-state index contributed by atoms with van der Waals surface area (Å²) >= 11 is 0. The average molecular weight is 413 g/mol. The summed E-state index contributed by atoms with van der Waals surface area (Å²) in [5.41, 5.74) is 7.01. The molecular weight excluding hydrogens is 384 g/mol. The molecule has 0 bridgehead atoms. The van der Waals surface area contributed by atoms with E-state index in [1.165, 1.54) is 16.7 Å². The van der Waals surface area contributed by atoms with E-state index in [9.17, 15) is 0 Å². The van der Waals surface area contributed by atoms with Crippen LogP contribution >= 0.6 is 0 Å². The molecule has 2 heterocycles. The van der Waals surface area contributed by atoms with Gasteiger partial charge in [0.15, 0.2) is 0 Å². The third kappa shape index (κ3) is 5.80. The highest BCUT2D eigenvalue weighted by Gasteiger charge is 2.08. The van der Waals surface area contributed by atoms with Gasteiger partial charge in [0.25, 0.3) is 0 Å². The van der Waals surface area contributed by atoms with Gasteiger partial charge in [-0.25, -0.2) is 0 Å². The van der Waals surface area contributed by atoms with E-state index in [1.807, 2.05) is 35.1 Å². The van der Waals surface area contributed by atoms with E-state index in [0.29, 0.717) is 6.61 Å². The SMILES string of the molecule is Cc1cc(CNCc2ccc(Cn3cccn3)cc2)cc(C)c1OCc1ccccn1. The van der Waals surface area contributed by atoms with Gasteiger partial charge in [-0.1, -0.05) is 42.5 Å². The molecule has 0 aliphatic rings. The van der Waals surface area contributed by atoms with Gasteiger partial charge in [-0.05, 0) is 59.9 Å². The van der Waals surface area contributed by atoms with Crippen LogP contribution in [0.5, 0.6) is 5.75 Å². The molecule has 4 rings (SSSR count). The quantitative estimate of drug-likeness (QED) is 0.429. The molecule has 0 atom stereocenters. The average Bonchev–Trinajstić information content (AvgIpc) is 3.28. The summed E-state index contributed by atoms with van der Waals surface area (Å²) in [4.78, 5) is 4.32. The summed E-state index contributed by atoms with van der Waals surface area (Å²) in [5.74, 6) is 0.946. The summed E-state index contributed by atoms with van der Waals surface area (Å²) < 4.78 is 7.97. The van der Waals surface area contributed by atoms with Crippen molar-refractivity contribution in [2.75, 3.05) is 0 Å². The van der Waals surface area contributed by atoms with Crippen molar-refractivity contribution in [1.29, 1.82) is 0 Å². The second-order valence-corrected chi connectivity index (χ2v) is 7.79. The van der Waals surface area contributed by atoms with Gasteiger partial charge in [0.2, 0.25) is 0 Å². The molecule has 4 aromatic rings. The van der Waals surface area contributed by atoms with Gasteiger partial charge < -0.3 is 10.1 Å². The fraction of sp³-hybridized carbons (Fsp3) is 0.231. The van der Waals surface area contributed by atoms with Crippen molar-refractivity contribution in [2.45, 2.75) is 40.1 Å². The lowest BCUT2D eigenvalue weighted by molar-refractivity contribution is 0.297. The maximum Gasteiger partial charge on any atom is 0.130 e. The summed E-state index contributed by atoms with van der Waals surface area (Å²) in [6.45, 7) is 7.13. The van der Waals surface area contributed by atoms with Crippen LogP contribution in [0.2, 0.25) is 0 Å². The molecule has 0 radical (unpaired) electrons. The topological polar surface area (TPSA) is 52.0 Å². The Kier molecular flexibility index (Phi) is 6.75. The summed E-state index contributed by atoms with van der Waals surface area (Å²) in [6.07, 6.45) is 5.58. The first-order valence-electron chi connectivity index (χ1n) is 10.6. The van der Waals surface area contributed by atoms with E-state index in [-0.39, 0.29) is 0 Å². The molecule has 0 aliphatic heterocycles. The summed E-state index contributed by atoms with van der Waals surface area (Å²) in [5, 5.41) is 7.80. The highest BCUT2D eigenvalue weighted by atomic mass is 16.5. The van der Waals surface area contributed by atoms with Crippen LogP contribution in [0.1, 0.15) is 33.5 Å². The molecule has 0 saturated carbocycles.